The number of hydrogen-bond acceptors (Lipinski definition) is 1. The monoisotopic (exact) mass is 200 g/mol. The molecule has 0 bridgehead atoms. The van der Waals surface area contributed by atoms with Crippen LogP contribution in [0.4, 0.5) is 0 Å². The highest BCUT2D eigenvalue weighted by Crippen LogP contribution is 2.38. The molecule has 14 heavy (non-hydrogen) atoms. The first-order valence-electron chi connectivity index (χ1n) is 5.82. The van der Waals surface area contributed by atoms with E-state index in [1.54, 1.807) is 0 Å². The summed E-state index contributed by atoms with van der Waals surface area (Å²) in [5, 5.41) is 8.93. The molecule has 2 nitrogen and oxygen atoms in total. The highest BCUT2D eigenvalue weighted by molar-refractivity contribution is 5.67. The fourth-order valence-corrected chi connectivity index (χ4v) is 2.55. The lowest BCUT2D eigenvalue weighted by Gasteiger charge is -2.31. The van der Waals surface area contributed by atoms with Gasteiger partial charge in [0, 0.05) is 0 Å². The van der Waals surface area contributed by atoms with Crippen LogP contribution >= 0.6 is 0 Å². The van der Waals surface area contributed by atoms with Gasteiger partial charge in [0.25, 0.3) is 0 Å². The molecule has 0 unspecified atom stereocenters. The van der Waals surface area contributed by atoms with Crippen LogP contribution < -0.4 is 0 Å². The van der Waals surface area contributed by atoms with Crippen molar-refractivity contribution in [3.05, 3.63) is 0 Å². The minimum atomic E-state index is -0.639. The van der Waals surface area contributed by atoms with Crippen LogP contribution in [0.3, 0.4) is 0 Å². The van der Waals surface area contributed by atoms with Gasteiger partial charge in [-0.25, -0.2) is 0 Å². The molecule has 1 N–H and O–H groups in total. The summed E-state index contributed by atoms with van der Waals surface area (Å²) in [5.41, 5.74) is 0.0735. The van der Waals surface area contributed by atoms with Crippen molar-refractivity contribution in [3.8, 4) is 0 Å². The van der Waals surface area contributed by atoms with Crippen LogP contribution in [0.1, 0.15) is 65.7 Å². The Bertz CT molecular complexity index is 147. The molecule has 0 aromatic carbocycles. The third kappa shape index (κ3) is 4.64. The normalized spacial score (nSPS) is 11.6. The second-order valence-electron chi connectivity index (χ2n) is 4.32. The summed E-state index contributed by atoms with van der Waals surface area (Å²) in [6, 6.07) is 0. The minimum absolute atomic E-state index is 0.0735. The van der Waals surface area contributed by atoms with Gasteiger partial charge in [0.2, 0.25) is 0 Å². The molecule has 0 amide bonds. The molecule has 2 heteroatoms. The summed E-state index contributed by atoms with van der Waals surface area (Å²) < 4.78 is 0. The van der Waals surface area contributed by atoms with Crippen LogP contribution in [0.25, 0.3) is 0 Å². The van der Waals surface area contributed by atoms with Gasteiger partial charge in [0.05, 0.1) is 6.42 Å². The Morgan fingerprint density at radius 3 is 1.57 bits per heavy atom. The van der Waals surface area contributed by atoms with E-state index in [0.29, 0.717) is 6.42 Å². The summed E-state index contributed by atoms with van der Waals surface area (Å²) in [7, 11) is 0. The highest BCUT2D eigenvalue weighted by Gasteiger charge is 2.29. The van der Waals surface area contributed by atoms with Crippen molar-refractivity contribution < 1.29 is 9.90 Å². The van der Waals surface area contributed by atoms with Crippen molar-refractivity contribution in [1.29, 1.82) is 0 Å². The molecular weight excluding hydrogens is 176 g/mol. The first-order valence-corrected chi connectivity index (χ1v) is 5.82. The smallest absolute Gasteiger partial charge is 0.303 e. The summed E-state index contributed by atoms with van der Waals surface area (Å²) in [6.45, 7) is 6.42. The second kappa shape index (κ2) is 6.86. The fourth-order valence-electron chi connectivity index (χ4n) is 2.55. The number of carbonyl (C=O) groups is 1. The van der Waals surface area contributed by atoms with Gasteiger partial charge >= 0.3 is 5.97 Å². The molecule has 0 aliphatic carbocycles. The van der Waals surface area contributed by atoms with Crippen LogP contribution in [0.15, 0.2) is 0 Å². The van der Waals surface area contributed by atoms with Gasteiger partial charge in [0.15, 0.2) is 0 Å². The maximum Gasteiger partial charge on any atom is 0.303 e. The standard InChI is InChI=1S/C12H24O2/c1-4-7-12(8-5-2,9-6-3)10-11(13)14/h4-10H2,1-3H3,(H,13,14). The number of rotatable bonds is 8. The Kier molecular flexibility index (Phi) is 6.60. The summed E-state index contributed by atoms with van der Waals surface area (Å²) >= 11 is 0. The lowest BCUT2D eigenvalue weighted by atomic mass is 9.73. The number of carboxylic acids is 1. The minimum Gasteiger partial charge on any atom is -0.481 e. The van der Waals surface area contributed by atoms with Gasteiger partial charge in [-0.15, -0.1) is 0 Å². The van der Waals surface area contributed by atoms with Crippen molar-refractivity contribution in [3.63, 3.8) is 0 Å². The summed E-state index contributed by atoms with van der Waals surface area (Å²) in [4.78, 5) is 10.8. The van der Waals surface area contributed by atoms with E-state index < -0.39 is 5.97 Å². The quantitative estimate of drug-likeness (QED) is 0.646. The van der Waals surface area contributed by atoms with Crippen molar-refractivity contribution in [2.75, 3.05) is 0 Å². The molecule has 0 saturated heterocycles. The van der Waals surface area contributed by atoms with Crippen molar-refractivity contribution in [2.24, 2.45) is 5.41 Å². The van der Waals surface area contributed by atoms with Crippen LogP contribution in [0.2, 0.25) is 0 Å². The van der Waals surface area contributed by atoms with Crippen molar-refractivity contribution in [2.45, 2.75) is 65.7 Å². The Morgan fingerprint density at radius 1 is 1.00 bits per heavy atom. The average molecular weight is 200 g/mol. The maximum atomic E-state index is 10.8. The van der Waals surface area contributed by atoms with Crippen molar-refractivity contribution in [1.82, 2.24) is 0 Å². The van der Waals surface area contributed by atoms with Crippen LogP contribution in [-0.2, 0) is 4.79 Å². The topological polar surface area (TPSA) is 37.3 Å². The number of carboxylic acid groups (broad SMARTS) is 1. The largest absolute Gasteiger partial charge is 0.481 e. The first kappa shape index (κ1) is 13.5. The summed E-state index contributed by atoms with van der Waals surface area (Å²) in [5.74, 6) is -0.639. The van der Waals surface area contributed by atoms with E-state index in [1.165, 1.54) is 0 Å². The second-order valence-corrected chi connectivity index (χ2v) is 4.32. The van der Waals surface area contributed by atoms with E-state index in [9.17, 15) is 4.79 Å². The van der Waals surface area contributed by atoms with Gasteiger partial charge < -0.3 is 5.11 Å². The molecule has 0 aliphatic rings. The Hall–Kier alpha value is -0.530. The molecule has 0 heterocycles. The predicted octanol–water partition coefficient (Wildman–Crippen LogP) is 3.85. The van der Waals surface area contributed by atoms with Gasteiger partial charge in [-0.2, -0.15) is 0 Å². The Labute approximate surface area is 87.7 Å². The number of aliphatic carboxylic acids is 1. The fraction of sp³-hybridized carbons (Fsp3) is 0.917. The molecule has 0 saturated carbocycles. The molecule has 0 spiro atoms. The molecule has 0 fully saturated rings. The van der Waals surface area contributed by atoms with Gasteiger partial charge in [-0.1, -0.05) is 40.0 Å². The molecule has 84 valence electrons. The van der Waals surface area contributed by atoms with Crippen LogP contribution in [-0.4, -0.2) is 11.1 Å². The Balaban J connectivity index is 4.45. The SMILES string of the molecule is CCCC(CCC)(CCC)CC(=O)O. The molecule has 0 aromatic rings. The van der Waals surface area contributed by atoms with Gasteiger partial charge in [0.1, 0.15) is 0 Å². The van der Waals surface area contributed by atoms with E-state index in [-0.39, 0.29) is 5.41 Å². The number of hydrogen-bond donors (Lipinski definition) is 1. The van der Waals surface area contributed by atoms with Crippen molar-refractivity contribution >= 4 is 5.97 Å². The molecule has 0 aliphatic heterocycles. The Morgan fingerprint density at radius 2 is 1.36 bits per heavy atom. The highest BCUT2D eigenvalue weighted by atomic mass is 16.4. The first-order chi connectivity index (χ1) is 6.60. The zero-order valence-electron chi connectivity index (χ0n) is 9.81. The summed E-state index contributed by atoms with van der Waals surface area (Å²) in [6.07, 6.45) is 6.79. The molecule has 0 atom stereocenters. The van der Waals surface area contributed by atoms with E-state index in [1.807, 2.05) is 0 Å². The molecule has 0 radical (unpaired) electrons. The van der Waals surface area contributed by atoms with Gasteiger partial charge in [-0.3, -0.25) is 4.79 Å². The zero-order valence-corrected chi connectivity index (χ0v) is 9.81. The van der Waals surface area contributed by atoms with E-state index in [2.05, 4.69) is 20.8 Å². The van der Waals surface area contributed by atoms with Gasteiger partial charge in [-0.05, 0) is 24.7 Å². The van der Waals surface area contributed by atoms with E-state index >= 15 is 0 Å². The molecule has 0 rings (SSSR count). The third-order valence-electron chi connectivity index (χ3n) is 2.87. The van der Waals surface area contributed by atoms with E-state index in [4.69, 9.17) is 5.11 Å². The molecular formula is C12H24O2. The lowest BCUT2D eigenvalue weighted by molar-refractivity contribution is -0.140. The maximum absolute atomic E-state index is 10.8. The zero-order chi connectivity index (χ0) is 11.0. The lowest BCUT2D eigenvalue weighted by Crippen LogP contribution is -2.24. The molecule has 0 aromatic heterocycles. The van der Waals surface area contributed by atoms with Crippen LogP contribution in [0.5, 0.6) is 0 Å². The third-order valence-corrected chi connectivity index (χ3v) is 2.87. The average Bonchev–Trinajstić information content (AvgIpc) is 2.03. The van der Waals surface area contributed by atoms with Crippen LogP contribution in [0, 0.1) is 5.41 Å². The van der Waals surface area contributed by atoms with E-state index in [0.717, 1.165) is 38.5 Å². The predicted molar refractivity (Wildman–Crippen MR) is 59.4 cm³/mol.